The number of carbonyl (C=O) groups excluding carboxylic acids is 1. The van der Waals surface area contributed by atoms with Crippen molar-refractivity contribution in [1.29, 1.82) is 0 Å². The van der Waals surface area contributed by atoms with E-state index in [0.29, 0.717) is 11.5 Å². The Hall–Kier alpha value is -2.22. The quantitative estimate of drug-likeness (QED) is 0.877. The molecule has 118 valence electrons. The first kappa shape index (κ1) is 16.2. The maximum Gasteiger partial charge on any atom is 0.225 e. The molecule has 0 radical (unpaired) electrons. The van der Waals surface area contributed by atoms with Gasteiger partial charge in [-0.2, -0.15) is 0 Å². The molecule has 0 saturated heterocycles. The lowest BCUT2D eigenvalue weighted by atomic mass is 10.3. The first-order valence-corrected chi connectivity index (χ1v) is 8.35. The molecule has 2 aromatic rings. The van der Waals surface area contributed by atoms with Gasteiger partial charge in [0, 0.05) is 12.5 Å². The van der Waals surface area contributed by atoms with Crippen LogP contribution in [0.15, 0.2) is 34.9 Å². The summed E-state index contributed by atoms with van der Waals surface area (Å²) in [6, 6.07) is 7.20. The smallest absolute Gasteiger partial charge is 0.225 e. The predicted molar refractivity (Wildman–Crippen MR) is 78.4 cm³/mol. The van der Waals surface area contributed by atoms with Gasteiger partial charge in [0.25, 0.3) is 0 Å². The second-order valence-electron chi connectivity index (χ2n) is 4.80. The molecule has 1 aromatic carbocycles. The first-order chi connectivity index (χ1) is 10.4. The molecule has 1 amide bonds. The molecule has 0 aliphatic heterocycles. The van der Waals surface area contributed by atoms with Crippen LogP contribution in [0.1, 0.15) is 17.9 Å². The average molecular weight is 326 g/mol. The number of aryl methyl sites for hydroxylation is 1. The van der Waals surface area contributed by atoms with E-state index < -0.39 is 21.6 Å². The van der Waals surface area contributed by atoms with Gasteiger partial charge in [0.05, 0.1) is 22.9 Å². The molecular weight excluding hydrogens is 311 g/mol. The first-order valence-electron chi connectivity index (χ1n) is 6.53. The zero-order valence-corrected chi connectivity index (χ0v) is 12.7. The monoisotopic (exact) mass is 326 g/mol. The number of rotatable bonds is 6. The van der Waals surface area contributed by atoms with Gasteiger partial charge in [0.2, 0.25) is 5.91 Å². The van der Waals surface area contributed by atoms with Crippen LogP contribution in [-0.2, 0) is 20.4 Å². The summed E-state index contributed by atoms with van der Waals surface area (Å²) < 4.78 is 41.9. The van der Waals surface area contributed by atoms with Gasteiger partial charge in [-0.1, -0.05) is 17.3 Å². The van der Waals surface area contributed by atoms with Crippen LogP contribution in [-0.4, -0.2) is 25.2 Å². The molecule has 2 rings (SSSR count). The fourth-order valence-electron chi connectivity index (χ4n) is 1.81. The van der Waals surface area contributed by atoms with Gasteiger partial charge in [-0.25, -0.2) is 12.8 Å². The van der Waals surface area contributed by atoms with E-state index in [2.05, 4.69) is 10.5 Å². The summed E-state index contributed by atoms with van der Waals surface area (Å²) in [5.74, 6) is -1.26. The van der Waals surface area contributed by atoms with E-state index in [4.69, 9.17) is 4.52 Å². The van der Waals surface area contributed by atoms with Gasteiger partial charge < -0.3 is 9.84 Å². The number of nitrogens with one attached hydrogen (secondary N) is 1. The fraction of sp³-hybridized carbons (Fsp3) is 0.286. The highest BCUT2D eigenvalue weighted by Crippen LogP contribution is 2.13. The van der Waals surface area contributed by atoms with Crippen LogP contribution in [0.4, 0.5) is 10.1 Å². The second-order valence-corrected chi connectivity index (χ2v) is 6.98. The van der Waals surface area contributed by atoms with Gasteiger partial charge >= 0.3 is 0 Å². The number of carbonyl (C=O) groups is 1. The molecule has 1 aromatic heterocycles. The van der Waals surface area contributed by atoms with E-state index in [1.807, 2.05) is 0 Å². The van der Waals surface area contributed by atoms with Gasteiger partial charge in [0.15, 0.2) is 9.84 Å². The molecule has 0 aliphatic rings. The fourth-order valence-corrected chi connectivity index (χ4v) is 3.03. The Morgan fingerprint density at radius 2 is 2.09 bits per heavy atom. The summed E-state index contributed by atoms with van der Waals surface area (Å²) in [4.78, 5) is 11.7. The second kappa shape index (κ2) is 6.69. The number of nitrogens with zero attached hydrogens (tertiary/aromatic N) is 1. The normalized spacial score (nSPS) is 11.4. The number of benzene rings is 1. The van der Waals surface area contributed by atoms with Crippen molar-refractivity contribution in [2.45, 2.75) is 19.1 Å². The third-order valence-electron chi connectivity index (χ3n) is 2.83. The molecule has 6 nitrogen and oxygen atoms in total. The summed E-state index contributed by atoms with van der Waals surface area (Å²) in [6.07, 6.45) is -0.256. The minimum Gasteiger partial charge on any atom is -0.361 e. The summed E-state index contributed by atoms with van der Waals surface area (Å²) in [7, 11) is -3.50. The molecule has 0 atom stereocenters. The van der Waals surface area contributed by atoms with Gasteiger partial charge in [0.1, 0.15) is 11.6 Å². The van der Waals surface area contributed by atoms with E-state index in [1.54, 1.807) is 13.0 Å². The molecule has 22 heavy (non-hydrogen) atoms. The average Bonchev–Trinajstić information content (AvgIpc) is 2.84. The summed E-state index contributed by atoms with van der Waals surface area (Å²) in [6.45, 7) is 1.66. The summed E-state index contributed by atoms with van der Waals surface area (Å²) in [5, 5.41) is 5.94. The lowest BCUT2D eigenvalue weighted by molar-refractivity contribution is -0.115. The number of para-hydroxylation sites is 1. The van der Waals surface area contributed by atoms with Crippen molar-refractivity contribution in [1.82, 2.24) is 5.16 Å². The number of halogens is 1. The van der Waals surface area contributed by atoms with Gasteiger partial charge in [-0.15, -0.1) is 0 Å². The van der Waals surface area contributed by atoms with Crippen molar-refractivity contribution < 1.29 is 22.1 Å². The number of sulfone groups is 1. The van der Waals surface area contributed by atoms with E-state index in [1.165, 1.54) is 24.3 Å². The van der Waals surface area contributed by atoms with Crippen LogP contribution >= 0.6 is 0 Å². The summed E-state index contributed by atoms with van der Waals surface area (Å²) >= 11 is 0. The molecule has 1 heterocycles. The van der Waals surface area contributed by atoms with Crippen molar-refractivity contribution in [3.63, 3.8) is 0 Å². The van der Waals surface area contributed by atoms with Crippen molar-refractivity contribution in [3.05, 3.63) is 47.6 Å². The zero-order chi connectivity index (χ0) is 16.2. The van der Waals surface area contributed by atoms with E-state index in [0.717, 1.165) is 0 Å². The van der Waals surface area contributed by atoms with Gasteiger partial charge in [-0.05, 0) is 19.1 Å². The van der Waals surface area contributed by atoms with Crippen LogP contribution in [0.25, 0.3) is 0 Å². The predicted octanol–water partition coefficient (Wildman–Crippen LogP) is 2.07. The highest BCUT2D eigenvalue weighted by Gasteiger charge is 2.17. The number of hydrogen-bond acceptors (Lipinski definition) is 5. The molecule has 0 fully saturated rings. The Labute approximate surface area is 127 Å². The number of anilines is 1. The third-order valence-corrected chi connectivity index (χ3v) is 4.39. The molecule has 8 heteroatoms. The Morgan fingerprint density at radius 1 is 1.36 bits per heavy atom. The molecule has 0 aliphatic carbocycles. The highest BCUT2D eigenvalue weighted by molar-refractivity contribution is 7.90. The molecular formula is C14H15FN2O4S. The van der Waals surface area contributed by atoms with E-state index in [9.17, 15) is 17.6 Å². The number of aromatic nitrogens is 1. The van der Waals surface area contributed by atoms with E-state index in [-0.39, 0.29) is 23.6 Å². The molecule has 0 saturated carbocycles. The number of amides is 1. The van der Waals surface area contributed by atoms with Crippen LogP contribution in [0.5, 0.6) is 0 Å². The van der Waals surface area contributed by atoms with Crippen molar-refractivity contribution in [2.75, 3.05) is 11.1 Å². The number of hydrogen-bond donors (Lipinski definition) is 1. The molecule has 1 N–H and O–H groups in total. The molecule has 0 unspecified atom stereocenters. The van der Waals surface area contributed by atoms with Crippen molar-refractivity contribution in [3.8, 4) is 0 Å². The van der Waals surface area contributed by atoms with Crippen molar-refractivity contribution in [2.24, 2.45) is 0 Å². The van der Waals surface area contributed by atoms with Crippen LogP contribution in [0.3, 0.4) is 0 Å². The topological polar surface area (TPSA) is 89.3 Å². The minimum atomic E-state index is -3.50. The lowest BCUT2D eigenvalue weighted by Crippen LogP contribution is -2.19. The zero-order valence-electron chi connectivity index (χ0n) is 11.9. The Balaban J connectivity index is 1.89. The maximum atomic E-state index is 13.4. The third kappa shape index (κ3) is 4.66. The maximum absolute atomic E-state index is 13.4. The highest BCUT2D eigenvalue weighted by atomic mass is 32.2. The standard InChI is InChI=1S/C14H15FN2O4S/c1-10-8-11(17-21-10)9-22(19,20)7-6-14(18)16-13-5-3-2-4-12(13)15/h2-5,8H,6-7,9H2,1H3,(H,16,18). The van der Waals surface area contributed by atoms with Crippen molar-refractivity contribution >= 4 is 21.4 Å². The summed E-state index contributed by atoms with van der Waals surface area (Å²) in [5.41, 5.74) is 0.323. The molecule has 0 bridgehead atoms. The van der Waals surface area contributed by atoms with Crippen LogP contribution in [0.2, 0.25) is 0 Å². The van der Waals surface area contributed by atoms with Crippen LogP contribution < -0.4 is 5.32 Å². The van der Waals surface area contributed by atoms with Crippen LogP contribution in [0, 0.1) is 12.7 Å². The van der Waals surface area contributed by atoms with E-state index >= 15 is 0 Å². The minimum absolute atomic E-state index is 0.0250. The Bertz CT molecular complexity index is 771. The lowest BCUT2D eigenvalue weighted by Gasteiger charge is -2.06. The Kier molecular flexibility index (Phi) is 4.92. The SMILES string of the molecule is Cc1cc(CS(=O)(=O)CCC(=O)Nc2ccccc2F)no1. The largest absolute Gasteiger partial charge is 0.361 e. The molecule has 0 spiro atoms. The Morgan fingerprint density at radius 3 is 2.73 bits per heavy atom. The van der Waals surface area contributed by atoms with Gasteiger partial charge in [-0.3, -0.25) is 4.79 Å².